The van der Waals surface area contributed by atoms with E-state index in [0.717, 1.165) is 49.7 Å². The maximum absolute atomic E-state index is 5.57. The molecular formula is C19H23N3O2. The fourth-order valence-corrected chi connectivity index (χ4v) is 3.98. The molecule has 0 N–H and O–H groups in total. The number of hydrogen-bond acceptors (Lipinski definition) is 5. The van der Waals surface area contributed by atoms with Crippen LogP contribution >= 0.6 is 0 Å². The number of anilines is 1. The van der Waals surface area contributed by atoms with E-state index in [4.69, 9.17) is 9.47 Å². The molecule has 2 heterocycles. The first kappa shape index (κ1) is 15.2. The molecule has 5 heteroatoms. The summed E-state index contributed by atoms with van der Waals surface area (Å²) in [7, 11) is 3.44. The molecule has 1 saturated heterocycles. The van der Waals surface area contributed by atoms with Crippen molar-refractivity contribution in [1.29, 1.82) is 0 Å². The lowest BCUT2D eigenvalue weighted by Gasteiger charge is -2.21. The highest BCUT2D eigenvalue weighted by Crippen LogP contribution is 2.38. The van der Waals surface area contributed by atoms with E-state index in [1.807, 2.05) is 12.1 Å². The summed E-state index contributed by atoms with van der Waals surface area (Å²) in [4.78, 5) is 11.5. The molecular weight excluding hydrogens is 302 g/mol. The van der Waals surface area contributed by atoms with Crippen molar-refractivity contribution in [3.63, 3.8) is 0 Å². The van der Waals surface area contributed by atoms with Crippen molar-refractivity contribution in [3.8, 4) is 11.5 Å². The zero-order valence-corrected chi connectivity index (χ0v) is 14.3. The maximum Gasteiger partial charge on any atom is 0.135 e. The molecule has 1 fully saturated rings. The third-order valence-electron chi connectivity index (χ3n) is 5.22. The molecule has 2 aliphatic rings. The molecule has 5 nitrogen and oxygen atoms in total. The lowest BCUT2D eigenvalue weighted by molar-refractivity contribution is 0.396. The maximum atomic E-state index is 5.57. The molecule has 0 saturated carbocycles. The van der Waals surface area contributed by atoms with Gasteiger partial charge in [0.1, 0.15) is 23.6 Å². The predicted octanol–water partition coefficient (Wildman–Crippen LogP) is 2.98. The van der Waals surface area contributed by atoms with E-state index in [9.17, 15) is 0 Å². The van der Waals surface area contributed by atoms with Gasteiger partial charge in [0.05, 0.1) is 14.2 Å². The average molecular weight is 325 g/mol. The van der Waals surface area contributed by atoms with Crippen molar-refractivity contribution in [3.05, 3.63) is 41.3 Å². The van der Waals surface area contributed by atoms with Crippen molar-refractivity contribution >= 4 is 5.82 Å². The monoisotopic (exact) mass is 325 g/mol. The van der Waals surface area contributed by atoms with Crippen molar-refractivity contribution in [2.24, 2.45) is 0 Å². The van der Waals surface area contributed by atoms with Gasteiger partial charge in [-0.1, -0.05) is 0 Å². The van der Waals surface area contributed by atoms with Crippen LogP contribution in [-0.4, -0.2) is 37.3 Å². The van der Waals surface area contributed by atoms with E-state index in [0.29, 0.717) is 5.92 Å². The summed E-state index contributed by atoms with van der Waals surface area (Å²) < 4.78 is 11.0. The van der Waals surface area contributed by atoms with Crippen molar-refractivity contribution in [2.45, 2.75) is 31.6 Å². The Morgan fingerprint density at radius 3 is 2.88 bits per heavy atom. The van der Waals surface area contributed by atoms with Gasteiger partial charge in [0, 0.05) is 35.8 Å². The Balaban J connectivity index is 1.60. The first-order valence-electron chi connectivity index (χ1n) is 8.59. The van der Waals surface area contributed by atoms with Gasteiger partial charge in [-0.2, -0.15) is 0 Å². The van der Waals surface area contributed by atoms with Gasteiger partial charge in [-0.15, -0.1) is 0 Å². The Labute approximate surface area is 142 Å². The van der Waals surface area contributed by atoms with E-state index in [-0.39, 0.29) is 0 Å². The van der Waals surface area contributed by atoms with Gasteiger partial charge in [0.2, 0.25) is 0 Å². The first-order valence-corrected chi connectivity index (χ1v) is 8.59. The van der Waals surface area contributed by atoms with E-state index < -0.39 is 0 Å². The summed E-state index contributed by atoms with van der Waals surface area (Å²) in [5, 5.41) is 0. The van der Waals surface area contributed by atoms with Crippen LogP contribution in [0.2, 0.25) is 0 Å². The number of aryl methyl sites for hydroxylation is 1. The van der Waals surface area contributed by atoms with Crippen LogP contribution in [0.25, 0.3) is 0 Å². The molecule has 24 heavy (non-hydrogen) atoms. The summed E-state index contributed by atoms with van der Waals surface area (Å²) in [6.07, 6.45) is 6.21. The molecule has 2 aromatic rings. The Morgan fingerprint density at radius 1 is 1.12 bits per heavy atom. The Morgan fingerprint density at radius 2 is 2.04 bits per heavy atom. The predicted molar refractivity (Wildman–Crippen MR) is 93.2 cm³/mol. The number of rotatable bonds is 4. The van der Waals surface area contributed by atoms with Gasteiger partial charge in [-0.3, -0.25) is 0 Å². The number of ether oxygens (including phenoxy) is 2. The second-order valence-corrected chi connectivity index (χ2v) is 6.52. The van der Waals surface area contributed by atoms with Crippen LogP contribution < -0.4 is 14.4 Å². The summed E-state index contributed by atoms with van der Waals surface area (Å²) in [6, 6.07) is 6.06. The quantitative estimate of drug-likeness (QED) is 0.865. The van der Waals surface area contributed by atoms with Crippen LogP contribution in [0.5, 0.6) is 11.5 Å². The molecule has 1 aliphatic heterocycles. The van der Waals surface area contributed by atoms with Gasteiger partial charge >= 0.3 is 0 Å². The highest BCUT2D eigenvalue weighted by atomic mass is 16.5. The lowest BCUT2D eigenvalue weighted by atomic mass is 9.97. The minimum absolute atomic E-state index is 0.432. The molecule has 0 spiro atoms. The molecule has 0 radical (unpaired) electrons. The second-order valence-electron chi connectivity index (χ2n) is 6.52. The normalized spacial score (nSPS) is 19.4. The van der Waals surface area contributed by atoms with Crippen molar-refractivity contribution < 1.29 is 9.47 Å². The van der Waals surface area contributed by atoms with E-state index in [1.165, 1.54) is 23.2 Å². The molecule has 1 atom stereocenters. The van der Waals surface area contributed by atoms with Crippen LogP contribution in [0.15, 0.2) is 24.5 Å². The second kappa shape index (κ2) is 6.30. The standard InChI is InChI=1S/C19H23N3O2/c1-23-14-6-7-18(24-2)16(10-14)13-8-9-22(11-13)19-15-4-3-5-17(15)20-12-21-19/h6-7,10,12-13H,3-5,8-9,11H2,1-2H3/t13-/m1/s1. The minimum atomic E-state index is 0.432. The minimum Gasteiger partial charge on any atom is -0.497 e. The van der Waals surface area contributed by atoms with Crippen LogP contribution in [-0.2, 0) is 12.8 Å². The highest BCUT2D eigenvalue weighted by Gasteiger charge is 2.30. The number of nitrogens with zero attached hydrogens (tertiary/aromatic N) is 3. The summed E-state index contributed by atoms with van der Waals surface area (Å²) >= 11 is 0. The van der Waals surface area contributed by atoms with E-state index >= 15 is 0 Å². The van der Waals surface area contributed by atoms with Crippen LogP contribution in [0.1, 0.15) is 35.6 Å². The fourth-order valence-electron chi connectivity index (χ4n) is 3.98. The first-order chi connectivity index (χ1) is 11.8. The summed E-state index contributed by atoms with van der Waals surface area (Å²) in [5.74, 6) is 3.40. The van der Waals surface area contributed by atoms with Gasteiger partial charge < -0.3 is 14.4 Å². The Hall–Kier alpha value is -2.30. The zero-order valence-electron chi connectivity index (χ0n) is 14.3. The molecule has 126 valence electrons. The van der Waals surface area contributed by atoms with Crippen molar-refractivity contribution in [2.75, 3.05) is 32.2 Å². The van der Waals surface area contributed by atoms with Gasteiger partial charge in [0.25, 0.3) is 0 Å². The van der Waals surface area contributed by atoms with Gasteiger partial charge in [-0.05, 0) is 43.9 Å². The Bertz CT molecular complexity index is 747. The SMILES string of the molecule is COc1ccc(OC)c([C@@H]2CCN(c3ncnc4c3CCC4)C2)c1. The van der Waals surface area contributed by atoms with Crippen molar-refractivity contribution in [1.82, 2.24) is 9.97 Å². The zero-order chi connectivity index (χ0) is 16.5. The summed E-state index contributed by atoms with van der Waals surface area (Å²) in [6.45, 7) is 1.99. The van der Waals surface area contributed by atoms with E-state index in [2.05, 4.69) is 20.9 Å². The van der Waals surface area contributed by atoms with Gasteiger partial charge in [0.15, 0.2) is 0 Å². The smallest absolute Gasteiger partial charge is 0.135 e. The number of aromatic nitrogens is 2. The topological polar surface area (TPSA) is 47.5 Å². The Kier molecular flexibility index (Phi) is 4.00. The largest absolute Gasteiger partial charge is 0.497 e. The molecule has 1 aromatic heterocycles. The number of hydrogen-bond donors (Lipinski definition) is 0. The fraction of sp³-hybridized carbons (Fsp3) is 0.474. The lowest BCUT2D eigenvalue weighted by Crippen LogP contribution is -2.22. The molecule has 0 amide bonds. The van der Waals surface area contributed by atoms with Crippen LogP contribution in [0.3, 0.4) is 0 Å². The summed E-state index contributed by atoms with van der Waals surface area (Å²) in [5.41, 5.74) is 3.82. The highest BCUT2D eigenvalue weighted by molar-refractivity contribution is 5.53. The number of methoxy groups -OCH3 is 2. The molecule has 4 rings (SSSR count). The third-order valence-corrected chi connectivity index (χ3v) is 5.22. The van der Waals surface area contributed by atoms with Crippen LogP contribution in [0.4, 0.5) is 5.82 Å². The van der Waals surface area contributed by atoms with Crippen LogP contribution in [0, 0.1) is 0 Å². The van der Waals surface area contributed by atoms with E-state index in [1.54, 1.807) is 20.5 Å². The van der Waals surface area contributed by atoms with Gasteiger partial charge in [-0.25, -0.2) is 9.97 Å². The average Bonchev–Trinajstić information content (AvgIpc) is 3.30. The molecule has 0 bridgehead atoms. The third kappa shape index (κ3) is 2.58. The molecule has 1 aromatic carbocycles. The number of benzene rings is 1. The molecule has 1 aliphatic carbocycles. The number of fused-ring (bicyclic) bond motifs is 1. The molecule has 0 unspecified atom stereocenters.